The number of piperazine rings is 1. The van der Waals surface area contributed by atoms with Crippen molar-refractivity contribution >= 4 is 11.8 Å². The van der Waals surface area contributed by atoms with Crippen LogP contribution in [0.1, 0.15) is 39.9 Å². The van der Waals surface area contributed by atoms with Crippen LogP contribution in [-0.2, 0) is 4.79 Å². The standard InChI is InChI=1S/C24H30N2O3/c1-18-7-4-10-21(17-18)24(28)26-14-12-25(13-15-26)22(27)11-6-16-29-23-19(2)8-5-9-20(23)3/h4-5,7-10,17H,6,11-16H2,1-3H3. The normalized spacial score (nSPS) is 14.0. The minimum absolute atomic E-state index is 0.0443. The smallest absolute Gasteiger partial charge is 0.253 e. The number of carbonyl (C=O) groups is 2. The number of hydrogen-bond donors (Lipinski definition) is 0. The van der Waals surface area contributed by atoms with Crippen molar-refractivity contribution in [2.45, 2.75) is 33.6 Å². The van der Waals surface area contributed by atoms with Crippen molar-refractivity contribution in [3.05, 3.63) is 64.7 Å². The number of rotatable bonds is 6. The number of carbonyl (C=O) groups excluding carboxylic acids is 2. The minimum Gasteiger partial charge on any atom is -0.493 e. The Hall–Kier alpha value is -2.82. The Morgan fingerprint density at radius 3 is 2.17 bits per heavy atom. The lowest BCUT2D eigenvalue weighted by molar-refractivity contribution is -0.132. The summed E-state index contributed by atoms with van der Waals surface area (Å²) >= 11 is 0. The number of nitrogens with zero attached hydrogens (tertiary/aromatic N) is 2. The van der Waals surface area contributed by atoms with Gasteiger partial charge in [-0.25, -0.2) is 0 Å². The van der Waals surface area contributed by atoms with Gasteiger partial charge in [0.25, 0.3) is 5.91 Å². The van der Waals surface area contributed by atoms with Gasteiger partial charge in [-0.05, 0) is 50.5 Å². The third-order valence-corrected chi connectivity index (χ3v) is 5.37. The van der Waals surface area contributed by atoms with Crippen LogP contribution in [0.2, 0.25) is 0 Å². The van der Waals surface area contributed by atoms with E-state index in [1.165, 1.54) is 0 Å². The van der Waals surface area contributed by atoms with Gasteiger partial charge >= 0.3 is 0 Å². The molecule has 0 saturated carbocycles. The molecule has 5 nitrogen and oxygen atoms in total. The highest BCUT2D eigenvalue weighted by Gasteiger charge is 2.24. The minimum atomic E-state index is 0.0443. The molecule has 1 aliphatic heterocycles. The lowest BCUT2D eigenvalue weighted by Crippen LogP contribution is -2.50. The van der Waals surface area contributed by atoms with E-state index in [0.29, 0.717) is 51.2 Å². The van der Waals surface area contributed by atoms with Crippen LogP contribution in [0.25, 0.3) is 0 Å². The predicted octanol–water partition coefficient (Wildman–Crippen LogP) is 3.76. The van der Waals surface area contributed by atoms with E-state index in [1.54, 1.807) is 0 Å². The molecule has 3 rings (SSSR count). The third kappa shape index (κ3) is 5.37. The molecule has 2 amide bonds. The highest BCUT2D eigenvalue weighted by Crippen LogP contribution is 2.22. The molecule has 1 fully saturated rings. The van der Waals surface area contributed by atoms with Crippen molar-refractivity contribution in [3.63, 3.8) is 0 Å². The van der Waals surface area contributed by atoms with Crippen LogP contribution >= 0.6 is 0 Å². The second kappa shape index (κ2) is 9.59. The highest BCUT2D eigenvalue weighted by atomic mass is 16.5. The molecule has 0 N–H and O–H groups in total. The second-order valence-electron chi connectivity index (χ2n) is 7.72. The first-order valence-electron chi connectivity index (χ1n) is 10.3. The van der Waals surface area contributed by atoms with Crippen LogP contribution in [0.15, 0.2) is 42.5 Å². The van der Waals surface area contributed by atoms with E-state index in [-0.39, 0.29) is 11.8 Å². The van der Waals surface area contributed by atoms with Gasteiger partial charge in [0, 0.05) is 38.2 Å². The summed E-state index contributed by atoms with van der Waals surface area (Å²) in [6, 6.07) is 13.7. The van der Waals surface area contributed by atoms with E-state index in [0.717, 1.165) is 22.4 Å². The first-order chi connectivity index (χ1) is 14.0. The number of para-hydroxylation sites is 1. The predicted molar refractivity (Wildman–Crippen MR) is 114 cm³/mol. The van der Waals surface area contributed by atoms with E-state index >= 15 is 0 Å². The topological polar surface area (TPSA) is 49.9 Å². The molecule has 1 aliphatic rings. The Labute approximate surface area is 173 Å². The summed E-state index contributed by atoms with van der Waals surface area (Å²) in [6.45, 7) is 8.92. The summed E-state index contributed by atoms with van der Waals surface area (Å²) in [5, 5.41) is 0. The van der Waals surface area contributed by atoms with Crippen molar-refractivity contribution in [2.24, 2.45) is 0 Å². The van der Waals surface area contributed by atoms with Crippen LogP contribution < -0.4 is 4.74 Å². The fraction of sp³-hybridized carbons (Fsp3) is 0.417. The highest BCUT2D eigenvalue weighted by molar-refractivity contribution is 5.94. The van der Waals surface area contributed by atoms with Crippen LogP contribution in [0.4, 0.5) is 0 Å². The SMILES string of the molecule is Cc1cccc(C(=O)N2CCN(C(=O)CCCOc3c(C)cccc3C)CC2)c1. The zero-order valence-electron chi connectivity index (χ0n) is 17.6. The molecule has 0 atom stereocenters. The third-order valence-electron chi connectivity index (χ3n) is 5.37. The van der Waals surface area contributed by atoms with Gasteiger partial charge in [-0.1, -0.05) is 35.9 Å². The fourth-order valence-electron chi connectivity index (χ4n) is 3.70. The number of aryl methyl sites for hydroxylation is 3. The maximum absolute atomic E-state index is 12.6. The van der Waals surface area contributed by atoms with Crippen molar-refractivity contribution in [1.29, 1.82) is 0 Å². The molecule has 0 aromatic heterocycles. The van der Waals surface area contributed by atoms with E-state index in [4.69, 9.17) is 4.74 Å². The van der Waals surface area contributed by atoms with Gasteiger partial charge in [0.2, 0.25) is 5.91 Å². The second-order valence-corrected chi connectivity index (χ2v) is 7.72. The average molecular weight is 395 g/mol. The lowest BCUT2D eigenvalue weighted by atomic mass is 10.1. The van der Waals surface area contributed by atoms with Gasteiger partial charge in [0.05, 0.1) is 6.61 Å². The summed E-state index contributed by atoms with van der Waals surface area (Å²) in [4.78, 5) is 28.8. The van der Waals surface area contributed by atoms with Gasteiger partial charge < -0.3 is 14.5 Å². The Bertz CT molecular complexity index is 850. The van der Waals surface area contributed by atoms with Crippen LogP contribution in [0, 0.1) is 20.8 Å². The number of benzene rings is 2. The molecule has 29 heavy (non-hydrogen) atoms. The molecular weight excluding hydrogens is 364 g/mol. The molecule has 1 heterocycles. The van der Waals surface area contributed by atoms with E-state index in [9.17, 15) is 9.59 Å². The van der Waals surface area contributed by atoms with Crippen molar-refractivity contribution in [2.75, 3.05) is 32.8 Å². The van der Waals surface area contributed by atoms with Gasteiger partial charge in [0.15, 0.2) is 0 Å². The molecule has 5 heteroatoms. The molecule has 154 valence electrons. The Morgan fingerprint density at radius 1 is 0.897 bits per heavy atom. The van der Waals surface area contributed by atoms with Crippen LogP contribution in [0.3, 0.4) is 0 Å². The van der Waals surface area contributed by atoms with Crippen molar-refractivity contribution in [3.8, 4) is 5.75 Å². The fourth-order valence-corrected chi connectivity index (χ4v) is 3.70. The number of amides is 2. The molecule has 0 spiro atoms. The molecule has 2 aromatic rings. The number of hydrogen-bond acceptors (Lipinski definition) is 3. The Balaban J connectivity index is 1.41. The molecule has 2 aromatic carbocycles. The summed E-state index contributed by atoms with van der Waals surface area (Å²) in [5.41, 5.74) is 4.03. The van der Waals surface area contributed by atoms with E-state index in [2.05, 4.69) is 0 Å². The van der Waals surface area contributed by atoms with Gasteiger partial charge in [-0.15, -0.1) is 0 Å². The lowest BCUT2D eigenvalue weighted by Gasteiger charge is -2.35. The Morgan fingerprint density at radius 2 is 1.52 bits per heavy atom. The van der Waals surface area contributed by atoms with Gasteiger partial charge in [0.1, 0.15) is 5.75 Å². The van der Waals surface area contributed by atoms with E-state index in [1.807, 2.05) is 73.0 Å². The van der Waals surface area contributed by atoms with E-state index < -0.39 is 0 Å². The Kier molecular flexibility index (Phi) is 6.91. The molecule has 0 unspecified atom stereocenters. The summed E-state index contributed by atoms with van der Waals surface area (Å²) < 4.78 is 5.89. The molecule has 0 radical (unpaired) electrons. The largest absolute Gasteiger partial charge is 0.493 e. The number of ether oxygens (including phenoxy) is 1. The molecule has 0 bridgehead atoms. The van der Waals surface area contributed by atoms with Crippen LogP contribution in [0.5, 0.6) is 5.75 Å². The van der Waals surface area contributed by atoms with Crippen LogP contribution in [-0.4, -0.2) is 54.4 Å². The summed E-state index contributed by atoms with van der Waals surface area (Å²) in [7, 11) is 0. The summed E-state index contributed by atoms with van der Waals surface area (Å²) in [5.74, 6) is 1.10. The molecule has 0 aliphatic carbocycles. The first-order valence-corrected chi connectivity index (χ1v) is 10.3. The maximum Gasteiger partial charge on any atom is 0.253 e. The van der Waals surface area contributed by atoms with Gasteiger partial charge in [-0.3, -0.25) is 9.59 Å². The average Bonchev–Trinajstić information content (AvgIpc) is 2.72. The van der Waals surface area contributed by atoms with Crippen molar-refractivity contribution < 1.29 is 14.3 Å². The zero-order valence-corrected chi connectivity index (χ0v) is 17.6. The maximum atomic E-state index is 12.6. The van der Waals surface area contributed by atoms with Crippen molar-refractivity contribution in [1.82, 2.24) is 9.80 Å². The molecular formula is C24H30N2O3. The first kappa shape index (κ1) is 20.9. The quantitative estimate of drug-likeness (QED) is 0.701. The summed E-state index contributed by atoms with van der Waals surface area (Å²) in [6.07, 6.45) is 1.16. The monoisotopic (exact) mass is 394 g/mol. The molecule has 1 saturated heterocycles. The van der Waals surface area contributed by atoms with Gasteiger partial charge in [-0.2, -0.15) is 0 Å². The zero-order chi connectivity index (χ0) is 20.8.